The third-order valence-electron chi connectivity index (χ3n) is 3.04. The van der Waals surface area contributed by atoms with Gasteiger partial charge in [-0.3, -0.25) is 4.90 Å². The highest BCUT2D eigenvalue weighted by Gasteiger charge is 2.14. The van der Waals surface area contributed by atoms with E-state index in [2.05, 4.69) is 9.80 Å². The Balaban J connectivity index is 1.99. The SMILES string of the molecule is NCCN1CCN(CCCCCO)CC1. The minimum Gasteiger partial charge on any atom is -0.396 e. The second-order valence-electron chi connectivity index (χ2n) is 4.26. The van der Waals surface area contributed by atoms with Crippen LogP contribution in [-0.2, 0) is 0 Å². The molecule has 0 aromatic rings. The van der Waals surface area contributed by atoms with Gasteiger partial charge in [-0.1, -0.05) is 0 Å². The molecule has 90 valence electrons. The van der Waals surface area contributed by atoms with Crippen LogP contribution in [0, 0.1) is 0 Å². The highest BCUT2D eigenvalue weighted by Crippen LogP contribution is 2.03. The third kappa shape index (κ3) is 5.47. The summed E-state index contributed by atoms with van der Waals surface area (Å²) in [6.07, 6.45) is 3.32. The van der Waals surface area contributed by atoms with Crippen LogP contribution in [0.2, 0.25) is 0 Å². The Kier molecular flexibility index (Phi) is 6.92. The zero-order valence-electron chi connectivity index (χ0n) is 9.70. The molecule has 1 aliphatic heterocycles. The molecule has 0 amide bonds. The second kappa shape index (κ2) is 8.05. The fraction of sp³-hybridized carbons (Fsp3) is 1.00. The Hall–Kier alpha value is -0.160. The quantitative estimate of drug-likeness (QED) is 0.574. The number of piperazine rings is 1. The molecule has 1 saturated heterocycles. The average molecular weight is 215 g/mol. The smallest absolute Gasteiger partial charge is 0.0431 e. The molecule has 0 aromatic carbocycles. The lowest BCUT2D eigenvalue weighted by Crippen LogP contribution is -2.47. The van der Waals surface area contributed by atoms with E-state index in [4.69, 9.17) is 10.8 Å². The lowest BCUT2D eigenvalue weighted by molar-refractivity contribution is 0.132. The predicted octanol–water partition coefficient (Wildman–Crippen LogP) is -0.275. The third-order valence-corrected chi connectivity index (χ3v) is 3.04. The normalized spacial score (nSPS) is 19.6. The molecule has 4 heteroatoms. The standard InChI is InChI=1S/C11H25N3O/c12-4-6-14-9-7-13(8-10-14)5-2-1-3-11-15/h15H,1-12H2. The van der Waals surface area contributed by atoms with Crippen molar-refractivity contribution in [1.29, 1.82) is 0 Å². The van der Waals surface area contributed by atoms with Crippen LogP contribution < -0.4 is 5.73 Å². The molecular weight excluding hydrogens is 190 g/mol. The summed E-state index contributed by atoms with van der Waals surface area (Å²) in [7, 11) is 0. The van der Waals surface area contributed by atoms with Crippen LogP contribution in [0.1, 0.15) is 19.3 Å². The molecule has 0 saturated carbocycles. The highest BCUT2D eigenvalue weighted by molar-refractivity contribution is 4.71. The maximum absolute atomic E-state index is 8.66. The van der Waals surface area contributed by atoms with Crippen LogP contribution in [0.3, 0.4) is 0 Å². The van der Waals surface area contributed by atoms with Gasteiger partial charge in [-0.15, -0.1) is 0 Å². The zero-order chi connectivity index (χ0) is 10.9. The fourth-order valence-electron chi connectivity index (χ4n) is 2.04. The second-order valence-corrected chi connectivity index (χ2v) is 4.26. The summed E-state index contributed by atoms with van der Waals surface area (Å²) in [6.45, 7) is 8.03. The van der Waals surface area contributed by atoms with Crippen LogP contribution in [0.25, 0.3) is 0 Å². The number of nitrogens with zero attached hydrogens (tertiary/aromatic N) is 2. The summed E-state index contributed by atoms with van der Waals surface area (Å²) in [4.78, 5) is 4.95. The number of unbranched alkanes of at least 4 members (excludes halogenated alkanes) is 2. The molecule has 0 unspecified atom stereocenters. The first-order valence-electron chi connectivity index (χ1n) is 6.12. The monoisotopic (exact) mass is 215 g/mol. The van der Waals surface area contributed by atoms with Crippen molar-refractivity contribution in [1.82, 2.24) is 9.80 Å². The van der Waals surface area contributed by atoms with Gasteiger partial charge >= 0.3 is 0 Å². The summed E-state index contributed by atoms with van der Waals surface area (Å²) in [5, 5.41) is 8.66. The topological polar surface area (TPSA) is 52.7 Å². The van der Waals surface area contributed by atoms with E-state index in [1.54, 1.807) is 0 Å². The van der Waals surface area contributed by atoms with E-state index in [9.17, 15) is 0 Å². The van der Waals surface area contributed by atoms with Crippen molar-refractivity contribution in [2.24, 2.45) is 5.73 Å². The summed E-state index contributed by atoms with van der Waals surface area (Å²) in [5.41, 5.74) is 5.53. The van der Waals surface area contributed by atoms with Gasteiger partial charge in [0.15, 0.2) is 0 Å². The first kappa shape index (κ1) is 12.9. The Morgan fingerprint density at radius 2 is 1.47 bits per heavy atom. The lowest BCUT2D eigenvalue weighted by atomic mass is 10.2. The fourth-order valence-corrected chi connectivity index (χ4v) is 2.04. The number of hydrogen-bond acceptors (Lipinski definition) is 4. The number of aliphatic hydroxyl groups excluding tert-OH is 1. The zero-order valence-corrected chi connectivity index (χ0v) is 9.70. The predicted molar refractivity (Wildman–Crippen MR) is 62.9 cm³/mol. The Labute approximate surface area is 93.0 Å². The molecule has 0 atom stereocenters. The number of aliphatic hydroxyl groups is 1. The van der Waals surface area contributed by atoms with E-state index in [0.29, 0.717) is 6.61 Å². The van der Waals surface area contributed by atoms with Crippen molar-refractivity contribution < 1.29 is 5.11 Å². The summed E-state index contributed by atoms with van der Waals surface area (Å²) in [6, 6.07) is 0. The number of nitrogens with two attached hydrogens (primary N) is 1. The summed E-state index contributed by atoms with van der Waals surface area (Å²) < 4.78 is 0. The van der Waals surface area contributed by atoms with Crippen LogP contribution in [0.4, 0.5) is 0 Å². The lowest BCUT2D eigenvalue weighted by Gasteiger charge is -2.34. The van der Waals surface area contributed by atoms with E-state index < -0.39 is 0 Å². The molecule has 1 fully saturated rings. The summed E-state index contributed by atoms with van der Waals surface area (Å²) >= 11 is 0. The molecule has 0 radical (unpaired) electrons. The van der Waals surface area contributed by atoms with Gasteiger partial charge in [0.1, 0.15) is 0 Å². The molecule has 1 aliphatic rings. The first-order chi connectivity index (χ1) is 7.36. The van der Waals surface area contributed by atoms with Crippen molar-refractivity contribution >= 4 is 0 Å². The maximum atomic E-state index is 8.66. The molecule has 0 spiro atoms. The van der Waals surface area contributed by atoms with Gasteiger partial charge in [0.25, 0.3) is 0 Å². The molecule has 0 bridgehead atoms. The largest absolute Gasteiger partial charge is 0.396 e. The van der Waals surface area contributed by atoms with Gasteiger partial charge in [0, 0.05) is 45.9 Å². The van der Waals surface area contributed by atoms with E-state index in [1.807, 2.05) is 0 Å². The van der Waals surface area contributed by atoms with Crippen molar-refractivity contribution in [2.45, 2.75) is 19.3 Å². The molecule has 1 rings (SSSR count). The Morgan fingerprint density at radius 3 is 2.00 bits per heavy atom. The van der Waals surface area contributed by atoms with Crippen molar-refractivity contribution in [3.8, 4) is 0 Å². The summed E-state index contributed by atoms with van der Waals surface area (Å²) in [5.74, 6) is 0. The van der Waals surface area contributed by atoms with Crippen molar-refractivity contribution in [3.63, 3.8) is 0 Å². The molecule has 15 heavy (non-hydrogen) atoms. The minimum absolute atomic E-state index is 0.338. The van der Waals surface area contributed by atoms with Crippen LogP contribution >= 0.6 is 0 Å². The Morgan fingerprint density at radius 1 is 0.867 bits per heavy atom. The highest BCUT2D eigenvalue weighted by atomic mass is 16.2. The van der Waals surface area contributed by atoms with Crippen molar-refractivity contribution in [2.75, 3.05) is 52.4 Å². The van der Waals surface area contributed by atoms with Gasteiger partial charge in [0.05, 0.1) is 0 Å². The number of hydrogen-bond donors (Lipinski definition) is 2. The van der Waals surface area contributed by atoms with Crippen LogP contribution in [-0.4, -0.2) is 67.3 Å². The first-order valence-corrected chi connectivity index (χ1v) is 6.12. The van der Waals surface area contributed by atoms with E-state index in [0.717, 1.165) is 39.0 Å². The van der Waals surface area contributed by atoms with Gasteiger partial charge < -0.3 is 15.7 Å². The Bertz CT molecular complexity index is 144. The molecule has 4 nitrogen and oxygen atoms in total. The van der Waals surface area contributed by atoms with Gasteiger partial charge in [-0.2, -0.15) is 0 Å². The number of rotatable bonds is 7. The average Bonchev–Trinajstić information content (AvgIpc) is 2.27. The van der Waals surface area contributed by atoms with Gasteiger partial charge in [0.2, 0.25) is 0 Å². The molecular formula is C11H25N3O. The molecule has 0 aromatic heterocycles. The van der Waals surface area contributed by atoms with E-state index in [-0.39, 0.29) is 0 Å². The molecule has 0 aliphatic carbocycles. The van der Waals surface area contributed by atoms with E-state index in [1.165, 1.54) is 26.1 Å². The molecule has 1 heterocycles. The van der Waals surface area contributed by atoms with Crippen LogP contribution in [0.5, 0.6) is 0 Å². The van der Waals surface area contributed by atoms with Gasteiger partial charge in [-0.25, -0.2) is 0 Å². The molecule has 3 N–H and O–H groups in total. The van der Waals surface area contributed by atoms with Crippen molar-refractivity contribution in [3.05, 3.63) is 0 Å². The van der Waals surface area contributed by atoms with Gasteiger partial charge in [-0.05, 0) is 25.8 Å². The minimum atomic E-state index is 0.338. The van der Waals surface area contributed by atoms with Crippen LogP contribution in [0.15, 0.2) is 0 Å². The maximum Gasteiger partial charge on any atom is 0.0431 e. The van der Waals surface area contributed by atoms with E-state index >= 15 is 0 Å².